The topological polar surface area (TPSA) is 75.9 Å². The maximum absolute atomic E-state index is 13.3. The molecule has 0 spiro atoms. The van der Waals surface area contributed by atoms with Crippen LogP contribution in [0.1, 0.15) is 0 Å². The van der Waals surface area contributed by atoms with Gasteiger partial charge in [0.2, 0.25) is 0 Å². The lowest BCUT2D eigenvalue weighted by atomic mass is 10.3. The zero-order chi connectivity index (χ0) is 18.0. The van der Waals surface area contributed by atoms with Crippen molar-refractivity contribution >= 4 is 51.9 Å². The lowest BCUT2D eigenvalue weighted by Crippen LogP contribution is -2.05. The molecule has 0 aliphatic heterocycles. The zero-order valence-electron chi connectivity index (χ0n) is 12.5. The summed E-state index contributed by atoms with van der Waals surface area (Å²) in [5, 5.41) is 6.46. The molecule has 0 saturated heterocycles. The summed E-state index contributed by atoms with van der Waals surface area (Å²) in [5.41, 5.74) is 7.01. The van der Waals surface area contributed by atoms with E-state index in [0.29, 0.717) is 15.7 Å². The average molecular weight is 382 g/mol. The second-order valence-corrected chi connectivity index (χ2v) is 5.75. The Morgan fingerprint density at radius 1 is 0.920 bits per heavy atom. The molecule has 0 amide bonds. The molecule has 3 aromatic rings. The van der Waals surface area contributed by atoms with Gasteiger partial charge in [-0.05, 0) is 24.3 Å². The van der Waals surface area contributed by atoms with Crippen LogP contribution in [0.4, 0.5) is 37.5 Å². The molecule has 4 N–H and O–H groups in total. The van der Waals surface area contributed by atoms with Gasteiger partial charge in [-0.25, -0.2) is 18.7 Å². The molecule has 9 heteroatoms. The smallest absolute Gasteiger partial charge is 0.160 e. The second kappa shape index (κ2) is 7.08. The second-order valence-electron chi connectivity index (χ2n) is 4.96. The molecule has 25 heavy (non-hydrogen) atoms. The number of hydrogen-bond acceptors (Lipinski definition) is 5. The van der Waals surface area contributed by atoms with Gasteiger partial charge >= 0.3 is 0 Å². The van der Waals surface area contributed by atoms with E-state index < -0.39 is 11.6 Å². The first kappa shape index (κ1) is 17.2. The maximum atomic E-state index is 13.3. The number of anilines is 5. The van der Waals surface area contributed by atoms with E-state index in [1.54, 1.807) is 18.2 Å². The molecule has 1 aromatic heterocycles. The summed E-state index contributed by atoms with van der Waals surface area (Å²) in [4.78, 5) is 8.06. The number of nitrogens with one attached hydrogen (secondary N) is 2. The molecule has 0 bridgehead atoms. The minimum Gasteiger partial charge on any atom is -0.393 e. The number of nitrogen functional groups attached to an aromatic ring is 1. The summed E-state index contributed by atoms with van der Waals surface area (Å²) in [6.45, 7) is 0. The summed E-state index contributed by atoms with van der Waals surface area (Å²) in [7, 11) is 0. The number of nitrogens with zero attached hydrogens (tertiary/aromatic N) is 2. The molecule has 0 unspecified atom stereocenters. The Balaban J connectivity index is 1.89. The van der Waals surface area contributed by atoms with Gasteiger partial charge in [0.1, 0.15) is 12.0 Å². The minimum atomic E-state index is -0.985. The van der Waals surface area contributed by atoms with E-state index in [0.717, 1.165) is 12.1 Å². The van der Waals surface area contributed by atoms with Gasteiger partial charge in [0, 0.05) is 11.8 Å². The third-order valence-electron chi connectivity index (χ3n) is 3.27. The Labute approximate surface area is 151 Å². The van der Waals surface area contributed by atoms with Crippen molar-refractivity contribution in [2.24, 2.45) is 0 Å². The highest BCUT2D eigenvalue weighted by Crippen LogP contribution is 2.34. The van der Waals surface area contributed by atoms with Crippen LogP contribution < -0.4 is 16.4 Å². The number of hydrogen-bond donors (Lipinski definition) is 3. The van der Waals surface area contributed by atoms with E-state index in [9.17, 15) is 8.78 Å². The van der Waals surface area contributed by atoms with Crippen molar-refractivity contribution in [2.45, 2.75) is 0 Å². The number of aromatic nitrogens is 2. The van der Waals surface area contributed by atoms with Crippen LogP contribution in [0, 0.1) is 11.6 Å². The van der Waals surface area contributed by atoms with Gasteiger partial charge in [0.15, 0.2) is 23.3 Å². The molecule has 0 atom stereocenters. The van der Waals surface area contributed by atoms with Crippen molar-refractivity contribution < 1.29 is 8.78 Å². The average Bonchev–Trinajstić information content (AvgIpc) is 2.59. The highest BCUT2D eigenvalue weighted by atomic mass is 35.5. The summed E-state index contributed by atoms with van der Waals surface area (Å²) < 4.78 is 26.3. The number of benzene rings is 2. The summed E-state index contributed by atoms with van der Waals surface area (Å²) in [6, 6.07) is 8.43. The van der Waals surface area contributed by atoms with Crippen LogP contribution in [0.2, 0.25) is 10.0 Å². The summed E-state index contributed by atoms with van der Waals surface area (Å²) >= 11 is 12.1. The van der Waals surface area contributed by atoms with E-state index in [1.165, 1.54) is 12.4 Å². The van der Waals surface area contributed by atoms with Gasteiger partial charge in [0.25, 0.3) is 0 Å². The SMILES string of the molecule is Nc1c(Nc2ccc(F)c(F)c2)ncnc1Nc1cccc(Cl)c1Cl. The van der Waals surface area contributed by atoms with Crippen molar-refractivity contribution in [3.63, 3.8) is 0 Å². The van der Waals surface area contributed by atoms with E-state index in [1.807, 2.05) is 0 Å². The molecule has 2 aromatic carbocycles. The number of rotatable bonds is 4. The predicted octanol–water partition coefficient (Wildman–Crippen LogP) is 5.13. The Kier molecular flexibility index (Phi) is 4.87. The molecule has 0 radical (unpaired) electrons. The molecular formula is C16H11Cl2F2N5. The van der Waals surface area contributed by atoms with Gasteiger partial charge in [-0.1, -0.05) is 29.3 Å². The fourth-order valence-corrected chi connectivity index (χ4v) is 2.38. The third kappa shape index (κ3) is 3.72. The zero-order valence-corrected chi connectivity index (χ0v) is 14.0. The lowest BCUT2D eigenvalue weighted by molar-refractivity contribution is 0.509. The van der Waals surface area contributed by atoms with Crippen LogP contribution in [-0.4, -0.2) is 9.97 Å². The Morgan fingerprint density at radius 2 is 1.64 bits per heavy atom. The molecule has 128 valence electrons. The van der Waals surface area contributed by atoms with Crippen molar-refractivity contribution in [1.29, 1.82) is 0 Å². The largest absolute Gasteiger partial charge is 0.393 e. The molecule has 5 nitrogen and oxygen atoms in total. The first-order valence-electron chi connectivity index (χ1n) is 6.99. The van der Waals surface area contributed by atoms with E-state index in [-0.39, 0.29) is 23.0 Å². The van der Waals surface area contributed by atoms with E-state index in [4.69, 9.17) is 28.9 Å². The van der Waals surface area contributed by atoms with Crippen LogP contribution >= 0.6 is 23.2 Å². The van der Waals surface area contributed by atoms with E-state index >= 15 is 0 Å². The lowest BCUT2D eigenvalue weighted by Gasteiger charge is -2.13. The molecule has 0 aliphatic rings. The van der Waals surface area contributed by atoms with Crippen LogP contribution in [0.5, 0.6) is 0 Å². The van der Waals surface area contributed by atoms with Crippen molar-refractivity contribution in [3.05, 3.63) is 64.4 Å². The fraction of sp³-hybridized carbons (Fsp3) is 0. The highest BCUT2D eigenvalue weighted by Gasteiger charge is 2.12. The van der Waals surface area contributed by atoms with Gasteiger partial charge < -0.3 is 16.4 Å². The maximum Gasteiger partial charge on any atom is 0.160 e. The van der Waals surface area contributed by atoms with Crippen molar-refractivity contribution in [1.82, 2.24) is 9.97 Å². The summed E-state index contributed by atoms with van der Waals surface area (Å²) in [6.07, 6.45) is 1.26. The molecule has 1 heterocycles. The summed E-state index contributed by atoms with van der Waals surface area (Å²) in [5.74, 6) is -1.42. The predicted molar refractivity (Wildman–Crippen MR) is 95.8 cm³/mol. The standard InChI is InChI=1S/C16H11Cl2F2N5/c17-9-2-1-3-12(13(9)18)25-16-14(21)15(22-7-23-16)24-8-4-5-10(19)11(20)6-8/h1-7H,21H2,(H2,22,23,24,25). The van der Waals surface area contributed by atoms with Crippen LogP contribution in [-0.2, 0) is 0 Å². The van der Waals surface area contributed by atoms with Gasteiger partial charge in [-0.15, -0.1) is 0 Å². The number of halogens is 4. The Hall–Kier alpha value is -2.64. The van der Waals surface area contributed by atoms with Crippen LogP contribution in [0.3, 0.4) is 0 Å². The third-order valence-corrected chi connectivity index (χ3v) is 4.09. The Bertz CT molecular complexity index is 936. The van der Waals surface area contributed by atoms with Crippen molar-refractivity contribution in [2.75, 3.05) is 16.4 Å². The van der Waals surface area contributed by atoms with Crippen molar-refractivity contribution in [3.8, 4) is 0 Å². The molecule has 0 saturated carbocycles. The minimum absolute atomic E-state index is 0.170. The number of nitrogens with two attached hydrogens (primary N) is 1. The Morgan fingerprint density at radius 3 is 2.36 bits per heavy atom. The molecular weight excluding hydrogens is 371 g/mol. The first-order valence-corrected chi connectivity index (χ1v) is 7.75. The monoisotopic (exact) mass is 381 g/mol. The molecule has 3 rings (SSSR count). The van der Waals surface area contributed by atoms with Gasteiger partial charge in [0.05, 0.1) is 15.7 Å². The van der Waals surface area contributed by atoms with Gasteiger partial charge in [-0.2, -0.15) is 0 Å². The molecule has 0 aliphatic carbocycles. The fourth-order valence-electron chi connectivity index (χ4n) is 2.03. The normalized spacial score (nSPS) is 10.6. The first-order chi connectivity index (χ1) is 12.0. The highest BCUT2D eigenvalue weighted by molar-refractivity contribution is 6.43. The van der Waals surface area contributed by atoms with Gasteiger partial charge in [-0.3, -0.25) is 0 Å². The van der Waals surface area contributed by atoms with Crippen LogP contribution in [0.25, 0.3) is 0 Å². The molecule has 0 fully saturated rings. The van der Waals surface area contributed by atoms with Crippen LogP contribution in [0.15, 0.2) is 42.7 Å². The van der Waals surface area contributed by atoms with E-state index in [2.05, 4.69) is 20.6 Å². The quantitative estimate of drug-likeness (QED) is 0.583.